The molecule has 1 aliphatic rings. The Morgan fingerprint density at radius 3 is 2.41 bits per heavy atom. The minimum absolute atomic E-state index is 0.0443. The van der Waals surface area contributed by atoms with E-state index >= 15 is 0 Å². The van der Waals surface area contributed by atoms with Crippen molar-refractivity contribution in [3.63, 3.8) is 0 Å². The van der Waals surface area contributed by atoms with Crippen LogP contribution in [0.2, 0.25) is 0 Å². The molecule has 0 aliphatic carbocycles. The maximum absolute atomic E-state index is 12.7. The van der Waals surface area contributed by atoms with Gasteiger partial charge in [0.2, 0.25) is 5.91 Å². The second-order valence-electron chi connectivity index (χ2n) is 7.75. The highest BCUT2D eigenvalue weighted by Gasteiger charge is 2.22. The van der Waals surface area contributed by atoms with Crippen LogP contribution < -0.4 is 15.0 Å². The summed E-state index contributed by atoms with van der Waals surface area (Å²) in [6.45, 7) is 7.76. The van der Waals surface area contributed by atoms with Crippen molar-refractivity contribution < 1.29 is 23.9 Å². The maximum Gasteiger partial charge on any atom is 0.337 e. The standard InChI is InChI=1S/C24H29N3O5/c1-16-6-5-7-22(17(16)2)32-15-23(29)25-20-14-19(24(30)31-4)8-9-21(20)27-12-10-26(11-13-27)18(3)28/h5-9,14H,10-13,15H2,1-4H3,(H,25,29). The van der Waals surface area contributed by atoms with Gasteiger partial charge in [0.25, 0.3) is 5.91 Å². The number of aryl methyl sites for hydroxylation is 1. The Kier molecular flexibility index (Phi) is 7.35. The van der Waals surface area contributed by atoms with E-state index in [0.717, 1.165) is 16.8 Å². The van der Waals surface area contributed by atoms with E-state index in [0.29, 0.717) is 43.2 Å². The molecule has 2 aromatic rings. The highest BCUT2D eigenvalue weighted by atomic mass is 16.5. The maximum atomic E-state index is 12.7. The molecule has 1 aliphatic heterocycles. The van der Waals surface area contributed by atoms with E-state index in [9.17, 15) is 14.4 Å². The first-order chi connectivity index (χ1) is 15.3. The van der Waals surface area contributed by atoms with Crippen LogP contribution in [0.15, 0.2) is 36.4 Å². The van der Waals surface area contributed by atoms with Gasteiger partial charge >= 0.3 is 5.97 Å². The minimum Gasteiger partial charge on any atom is -0.483 e. The number of hydrogen-bond acceptors (Lipinski definition) is 6. The SMILES string of the molecule is COC(=O)c1ccc(N2CCN(C(C)=O)CC2)c(NC(=O)COc2cccc(C)c2C)c1. The van der Waals surface area contributed by atoms with Gasteiger partial charge in [0.1, 0.15) is 5.75 Å². The highest BCUT2D eigenvalue weighted by molar-refractivity contribution is 5.98. The van der Waals surface area contributed by atoms with Crippen LogP contribution in [0, 0.1) is 13.8 Å². The van der Waals surface area contributed by atoms with E-state index in [-0.39, 0.29) is 18.4 Å². The largest absolute Gasteiger partial charge is 0.483 e. The van der Waals surface area contributed by atoms with Crippen molar-refractivity contribution in [3.05, 3.63) is 53.1 Å². The summed E-state index contributed by atoms with van der Waals surface area (Å²) in [5.74, 6) is -0.122. The molecule has 0 spiro atoms. The Bertz CT molecular complexity index is 1010. The lowest BCUT2D eigenvalue weighted by Gasteiger charge is -2.36. The number of carbonyl (C=O) groups excluding carboxylic acids is 3. The van der Waals surface area contributed by atoms with Crippen molar-refractivity contribution in [1.82, 2.24) is 4.90 Å². The molecule has 170 valence electrons. The molecule has 0 radical (unpaired) electrons. The average Bonchev–Trinajstić information content (AvgIpc) is 2.79. The smallest absolute Gasteiger partial charge is 0.337 e. The lowest BCUT2D eigenvalue weighted by Crippen LogP contribution is -2.48. The molecule has 1 fully saturated rings. The van der Waals surface area contributed by atoms with Gasteiger partial charge in [-0.2, -0.15) is 0 Å². The zero-order valence-corrected chi connectivity index (χ0v) is 18.9. The number of amides is 2. The molecule has 32 heavy (non-hydrogen) atoms. The molecule has 0 bridgehead atoms. The molecule has 1 saturated heterocycles. The first kappa shape index (κ1) is 23.1. The summed E-state index contributed by atoms with van der Waals surface area (Å²) in [4.78, 5) is 40.2. The van der Waals surface area contributed by atoms with Gasteiger partial charge in [0.15, 0.2) is 6.61 Å². The fourth-order valence-electron chi connectivity index (χ4n) is 3.63. The molecular formula is C24H29N3O5. The van der Waals surface area contributed by atoms with Gasteiger partial charge in [-0.05, 0) is 49.2 Å². The van der Waals surface area contributed by atoms with Crippen molar-refractivity contribution in [1.29, 1.82) is 0 Å². The predicted octanol–water partition coefficient (Wildman–Crippen LogP) is 2.78. The summed E-state index contributed by atoms with van der Waals surface area (Å²) < 4.78 is 10.5. The van der Waals surface area contributed by atoms with Gasteiger partial charge in [0, 0.05) is 33.1 Å². The van der Waals surface area contributed by atoms with Gasteiger partial charge < -0.3 is 24.6 Å². The molecule has 0 unspecified atom stereocenters. The highest BCUT2D eigenvalue weighted by Crippen LogP contribution is 2.29. The van der Waals surface area contributed by atoms with Crippen LogP contribution in [0.3, 0.4) is 0 Å². The van der Waals surface area contributed by atoms with E-state index in [2.05, 4.69) is 10.2 Å². The first-order valence-corrected chi connectivity index (χ1v) is 10.5. The summed E-state index contributed by atoms with van der Waals surface area (Å²) in [5.41, 5.74) is 3.68. The zero-order chi connectivity index (χ0) is 23.3. The third-order valence-electron chi connectivity index (χ3n) is 5.67. The predicted molar refractivity (Wildman–Crippen MR) is 122 cm³/mol. The quantitative estimate of drug-likeness (QED) is 0.697. The van der Waals surface area contributed by atoms with E-state index in [1.54, 1.807) is 30.0 Å². The van der Waals surface area contributed by atoms with Gasteiger partial charge in [-0.1, -0.05) is 12.1 Å². The zero-order valence-electron chi connectivity index (χ0n) is 18.9. The number of hydrogen-bond donors (Lipinski definition) is 1. The number of rotatable bonds is 6. The van der Waals surface area contributed by atoms with Gasteiger partial charge in [-0.3, -0.25) is 9.59 Å². The number of ether oxygens (including phenoxy) is 2. The van der Waals surface area contributed by atoms with Crippen molar-refractivity contribution in [3.8, 4) is 5.75 Å². The number of nitrogens with zero attached hydrogens (tertiary/aromatic N) is 2. The van der Waals surface area contributed by atoms with Crippen LogP contribution in [0.1, 0.15) is 28.4 Å². The Hall–Kier alpha value is -3.55. The Morgan fingerprint density at radius 2 is 1.75 bits per heavy atom. The number of anilines is 2. The molecule has 8 nitrogen and oxygen atoms in total. The third-order valence-corrected chi connectivity index (χ3v) is 5.67. The van der Waals surface area contributed by atoms with Gasteiger partial charge in [0.05, 0.1) is 24.0 Å². The van der Waals surface area contributed by atoms with Gasteiger partial charge in [-0.15, -0.1) is 0 Å². The number of esters is 1. The second-order valence-corrected chi connectivity index (χ2v) is 7.75. The fraction of sp³-hybridized carbons (Fsp3) is 0.375. The van der Waals surface area contributed by atoms with E-state index in [1.165, 1.54) is 7.11 Å². The van der Waals surface area contributed by atoms with Crippen LogP contribution in [0.25, 0.3) is 0 Å². The van der Waals surface area contributed by atoms with Crippen LogP contribution in [-0.4, -0.2) is 62.6 Å². The molecule has 0 saturated carbocycles. The van der Waals surface area contributed by atoms with Crippen LogP contribution in [-0.2, 0) is 14.3 Å². The summed E-state index contributed by atoms with van der Waals surface area (Å²) >= 11 is 0. The summed E-state index contributed by atoms with van der Waals surface area (Å²) in [6.07, 6.45) is 0. The van der Waals surface area contributed by atoms with Crippen LogP contribution in [0.5, 0.6) is 5.75 Å². The molecule has 8 heteroatoms. The number of piperazine rings is 1. The molecular weight excluding hydrogens is 410 g/mol. The van der Waals surface area contributed by atoms with Crippen molar-refractivity contribution in [2.24, 2.45) is 0 Å². The Morgan fingerprint density at radius 1 is 1.03 bits per heavy atom. The third kappa shape index (κ3) is 5.38. The molecule has 2 amide bonds. The Labute approximate surface area is 188 Å². The lowest BCUT2D eigenvalue weighted by molar-refractivity contribution is -0.129. The van der Waals surface area contributed by atoms with E-state index in [1.807, 2.05) is 32.0 Å². The average molecular weight is 440 g/mol. The molecule has 0 atom stereocenters. The van der Waals surface area contributed by atoms with Crippen LogP contribution in [0.4, 0.5) is 11.4 Å². The van der Waals surface area contributed by atoms with Crippen molar-refractivity contribution in [2.75, 3.05) is 50.1 Å². The van der Waals surface area contributed by atoms with Gasteiger partial charge in [-0.25, -0.2) is 4.79 Å². The molecule has 1 heterocycles. The van der Waals surface area contributed by atoms with E-state index < -0.39 is 5.97 Å². The first-order valence-electron chi connectivity index (χ1n) is 10.5. The summed E-state index contributed by atoms with van der Waals surface area (Å²) in [5, 5.41) is 2.87. The second kappa shape index (κ2) is 10.2. The molecule has 2 aromatic carbocycles. The Balaban J connectivity index is 1.76. The topological polar surface area (TPSA) is 88.2 Å². The number of benzene rings is 2. The molecule has 0 aromatic heterocycles. The van der Waals surface area contributed by atoms with Crippen molar-refractivity contribution in [2.45, 2.75) is 20.8 Å². The molecule has 1 N–H and O–H groups in total. The normalized spacial score (nSPS) is 13.5. The lowest BCUT2D eigenvalue weighted by atomic mass is 10.1. The number of methoxy groups -OCH3 is 1. The van der Waals surface area contributed by atoms with Crippen LogP contribution >= 0.6 is 0 Å². The minimum atomic E-state index is -0.486. The number of nitrogens with one attached hydrogen (secondary N) is 1. The van der Waals surface area contributed by atoms with E-state index in [4.69, 9.17) is 9.47 Å². The monoisotopic (exact) mass is 439 g/mol. The summed E-state index contributed by atoms with van der Waals surface area (Å²) in [6, 6.07) is 10.8. The van der Waals surface area contributed by atoms with Crippen molar-refractivity contribution >= 4 is 29.2 Å². The molecule has 3 rings (SSSR count). The fourth-order valence-corrected chi connectivity index (χ4v) is 3.63. The number of carbonyl (C=O) groups is 3. The summed E-state index contributed by atoms with van der Waals surface area (Å²) in [7, 11) is 1.31.